The van der Waals surface area contributed by atoms with Gasteiger partial charge in [-0.25, -0.2) is 0 Å². The Kier molecular flexibility index (Phi) is 4.12. The fourth-order valence-corrected chi connectivity index (χ4v) is 4.19. The number of carbonyl (C=O) groups excluding carboxylic acids is 1. The van der Waals surface area contributed by atoms with E-state index < -0.39 is 0 Å². The molecule has 1 aliphatic heterocycles. The molecule has 1 aliphatic rings. The topological polar surface area (TPSA) is 29.1 Å². The summed E-state index contributed by atoms with van der Waals surface area (Å²) in [5.41, 5.74) is 5.12. The van der Waals surface area contributed by atoms with Gasteiger partial charge in [-0.3, -0.25) is 4.79 Å². The highest BCUT2D eigenvalue weighted by Crippen LogP contribution is 2.41. The predicted octanol–water partition coefficient (Wildman–Crippen LogP) is 5.39. The van der Waals surface area contributed by atoms with Gasteiger partial charge in [0.2, 0.25) is 5.91 Å². The molecule has 2 nitrogen and oxygen atoms in total. The number of fused-ring (bicyclic) bond motifs is 1. The van der Waals surface area contributed by atoms with E-state index in [2.05, 4.69) is 50.2 Å². The summed E-state index contributed by atoms with van der Waals surface area (Å²) in [5, 5.41) is 3.47. The number of benzene rings is 2. The lowest BCUT2D eigenvalue weighted by atomic mass is 9.98. The molecule has 1 atom stereocenters. The Morgan fingerprint density at radius 2 is 2.05 bits per heavy atom. The van der Waals surface area contributed by atoms with Crippen molar-refractivity contribution in [2.75, 3.05) is 5.32 Å². The molecule has 5 heteroatoms. The van der Waals surface area contributed by atoms with Crippen LogP contribution in [-0.2, 0) is 11.2 Å². The van der Waals surface area contributed by atoms with E-state index in [9.17, 15) is 4.79 Å². The normalized spacial score (nSPS) is 14.8. The van der Waals surface area contributed by atoms with Crippen LogP contribution < -0.4 is 5.32 Å². The minimum atomic E-state index is -0.0106. The van der Waals surface area contributed by atoms with Crippen molar-refractivity contribution in [3.63, 3.8) is 0 Å². The molecule has 21 heavy (non-hydrogen) atoms. The van der Waals surface area contributed by atoms with E-state index in [1.807, 2.05) is 24.3 Å². The fraction of sp³-hybridized carbons (Fsp3) is 0.188. The maximum Gasteiger partial charge on any atom is 0.228 e. The van der Waals surface area contributed by atoms with Crippen LogP contribution in [0.15, 0.2) is 34.8 Å². The quantitative estimate of drug-likeness (QED) is 0.637. The molecule has 3 rings (SSSR count). The number of amides is 1. The molecule has 108 valence electrons. The first-order chi connectivity index (χ1) is 9.97. The smallest absolute Gasteiger partial charge is 0.228 e. The van der Waals surface area contributed by atoms with Crippen molar-refractivity contribution in [3.05, 3.63) is 62.1 Å². The van der Waals surface area contributed by atoms with E-state index in [0.717, 1.165) is 26.9 Å². The van der Waals surface area contributed by atoms with Gasteiger partial charge in [0, 0.05) is 15.2 Å². The van der Waals surface area contributed by atoms with E-state index in [1.165, 1.54) is 5.56 Å². The van der Waals surface area contributed by atoms with Gasteiger partial charge in [-0.2, -0.15) is 0 Å². The summed E-state index contributed by atoms with van der Waals surface area (Å²) in [7, 11) is 0. The highest BCUT2D eigenvalue weighted by molar-refractivity contribution is 9.10. The summed E-state index contributed by atoms with van der Waals surface area (Å²) in [6.45, 7) is 2.07. The van der Waals surface area contributed by atoms with Crippen molar-refractivity contribution >= 4 is 55.1 Å². The van der Waals surface area contributed by atoms with Crippen molar-refractivity contribution in [2.45, 2.75) is 18.2 Å². The van der Waals surface area contributed by atoms with Gasteiger partial charge in [-0.15, -0.1) is 0 Å². The van der Waals surface area contributed by atoms with Crippen LogP contribution in [0, 0.1) is 6.92 Å². The third-order valence-corrected chi connectivity index (χ3v) is 5.88. The summed E-state index contributed by atoms with van der Waals surface area (Å²) in [4.78, 5) is 11.5. The molecule has 1 unspecified atom stereocenters. The highest BCUT2D eigenvalue weighted by Gasteiger charge is 2.23. The molecule has 1 N–H and O–H groups in total. The first kappa shape index (κ1) is 15.1. The Labute approximate surface area is 145 Å². The van der Waals surface area contributed by atoms with Gasteiger partial charge in [-0.05, 0) is 41.3 Å². The van der Waals surface area contributed by atoms with Crippen molar-refractivity contribution in [3.8, 4) is 0 Å². The Balaban J connectivity index is 2.06. The average Bonchev–Trinajstić information content (AvgIpc) is 2.79. The lowest BCUT2D eigenvalue weighted by Gasteiger charge is -2.17. The first-order valence-electron chi connectivity index (χ1n) is 6.48. The molecule has 0 fully saturated rings. The standard InChI is InChI=1S/C16H12Br2ClNO/c1-8-10(3-2-4-12(8)17)16(18)11-5-9-6-15(21)20-14(9)7-13(11)19/h2-5,7,16H,6H2,1H3,(H,20,21). The lowest BCUT2D eigenvalue weighted by Crippen LogP contribution is -2.03. The molecule has 0 saturated carbocycles. The SMILES string of the molecule is Cc1c(Br)cccc1C(Br)c1cc2c(cc1Cl)NC(=O)C2. The highest BCUT2D eigenvalue weighted by atomic mass is 79.9. The van der Waals surface area contributed by atoms with E-state index in [-0.39, 0.29) is 10.7 Å². The Hall–Kier alpha value is -0.840. The summed E-state index contributed by atoms with van der Waals surface area (Å²) in [6, 6.07) is 9.94. The summed E-state index contributed by atoms with van der Waals surface area (Å²) < 4.78 is 1.07. The number of anilines is 1. The van der Waals surface area contributed by atoms with Crippen molar-refractivity contribution in [1.82, 2.24) is 0 Å². The van der Waals surface area contributed by atoms with Crippen molar-refractivity contribution in [1.29, 1.82) is 0 Å². The van der Waals surface area contributed by atoms with Gasteiger partial charge in [0.05, 0.1) is 11.2 Å². The third kappa shape index (κ3) is 2.77. The van der Waals surface area contributed by atoms with Crippen LogP contribution in [0.3, 0.4) is 0 Å². The monoisotopic (exact) mass is 427 g/mol. The van der Waals surface area contributed by atoms with Crippen LogP contribution in [0.25, 0.3) is 0 Å². The molecule has 2 aromatic rings. The van der Waals surface area contributed by atoms with Gasteiger partial charge in [-0.1, -0.05) is 61.7 Å². The second-order valence-corrected chi connectivity index (χ2v) is 7.25. The maximum absolute atomic E-state index is 11.5. The van der Waals surface area contributed by atoms with Crippen LogP contribution in [-0.4, -0.2) is 5.91 Å². The van der Waals surface area contributed by atoms with Gasteiger partial charge in [0.15, 0.2) is 0 Å². The number of halogens is 3. The van der Waals surface area contributed by atoms with Gasteiger partial charge < -0.3 is 5.32 Å². The van der Waals surface area contributed by atoms with E-state index in [0.29, 0.717) is 11.4 Å². The number of alkyl halides is 1. The Bertz CT molecular complexity index is 745. The number of hydrogen-bond donors (Lipinski definition) is 1. The molecule has 0 saturated heterocycles. The van der Waals surface area contributed by atoms with E-state index in [1.54, 1.807) is 0 Å². The molecule has 0 aliphatic carbocycles. The number of hydrogen-bond acceptors (Lipinski definition) is 1. The first-order valence-corrected chi connectivity index (χ1v) is 8.57. The largest absolute Gasteiger partial charge is 0.325 e. The molecular formula is C16H12Br2ClNO. The summed E-state index contributed by atoms with van der Waals surface area (Å²) >= 11 is 13.7. The molecular weight excluding hydrogens is 417 g/mol. The zero-order valence-corrected chi connectivity index (χ0v) is 15.1. The number of carbonyl (C=O) groups is 1. The van der Waals surface area contributed by atoms with Gasteiger partial charge in [0.25, 0.3) is 0 Å². The molecule has 1 amide bonds. The summed E-state index contributed by atoms with van der Waals surface area (Å²) in [6.07, 6.45) is 0.413. The number of rotatable bonds is 2. The molecule has 0 spiro atoms. The fourth-order valence-electron chi connectivity index (χ4n) is 2.53. The van der Waals surface area contributed by atoms with Crippen LogP contribution >= 0.6 is 43.5 Å². The van der Waals surface area contributed by atoms with Crippen LogP contribution in [0.2, 0.25) is 5.02 Å². The minimum absolute atomic E-state index is 0.0106. The second kappa shape index (κ2) is 5.75. The molecule has 0 radical (unpaired) electrons. The third-order valence-electron chi connectivity index (χ3n) is 3.70. The van der Waals surface area contributed by atoms with E-state index >= 15 is 0 Å². The molecule has 2 aromatic carbocycles. The zero-order chi connectivity index (χ0) is 15.1. The summed E-state index contributed by atoms with van der Waals surface area (Å²) in [5.74, 6) is 0.0166. The van der Waals surface area contributed by atoms with Gasteiger partial charge in [0.1, 0.15) is 0 Å². The second-order valence-electron chi connectivity index (χ2n) is 5.07. The molecule has 0 bridgehead atoms. The van der Waals surface area contributed by atoms with Crippen LogP contribution in [0.4, 0.5) is 5.69 Å². The Morgan fingerprint density at radius 1 is 1.29 bits per heavy atom. The van der Waals surface area contributed by atoms with Crippen molar-refractivity contribution in [2.24, 2.45) is 0 Å². The predicted molar refractivity (Wildman–Crippen MR) is 93.4 cm³/mol. The maximum atomic E-state index is 11.5. The van der Waals surface area contributed by atoms with Crippen LogP contribution in [0.1, 0.15) is 27.1 Å². The van der Waals surface area contributed by atoms with Crippen molar-refractivity contribution < 1.29 is 4.79 Å². The average molecular weight is 430 g/mol. The van der Waals surface area contributed by atoms with Gasteiger partial charge >= 0.3 is 0 Å². The minimum Gasteiger partial charge on any atom is -0.325 e. The Morgan fingerprint density at radius 3 is 2.81 bits per heavy atom. The lowest BCUT2D eigenvalue weighted by molar-refractivity contribution is -0.115. The number of nitrogens with one attached hydrogen (secondary N) is 1. The molecule has 1 heterocycles. The van der Waals surface area contributed by atoms with Crippen LogP contribution in [0.5, 0.6) is 0 Å². The zero-order valence-electron chi connectivity index (χ0n) is 11.2. The molecule has 0 aromatic heterocycles. The van der Waals surface area contributed by atoms with E-state index in [4.69, 9.17) is 11.6 Å².